The molecule has 7 heteroatoms. The van der Waals surface area contributed by atoms with Crippen LogP contribution >= 0.6 is 0 Å². The second-order valence-electron chi connectivity index (χ2n) is 4.21. The van der Waals surface area contributed by atoms with Crippen molar-refractivity contribution >= 4 is 11.6 Å². The van der Waals surface area contributed by atoms with Gasteiger partial charge in [0.05, 0.1) is 24.1 Å². The van der Waals surface area contributed by atoms with Gasteiger partial charge in [-0.15, -0.1) is 0 Å². The molecule has 3 N–H and O–H groups in total. The number of nitrogens with zero attached hydrogens (tertiary/aromatic N) is 4. The molecule has 96 valence electrons. The summed E-state index contributed by atoms with van der Waals surface area (Å²) in [5.74, 6) is -0.246. The van der Waals surface area contributed by atoms with E-state index in [9.17, 15) is 4.79 Å². The van der Waals surface area contributed by atoms with E-state index in [1.807, 2.05) is 20.2 Å². The largest absolute Gasteiger partial charge is 0.396 e. The number of anilines is 1. The van der Waals surface area contributed by atoms with E-state index in [2.05, 4.69) is 15.5 Å². The lowest BCUT2D eigenvalue weighted by atomic mass is 10.2. The second-order valence-corrected chi connectivity index (χ2v) is 4.21. The van der Waals surface area contributed by atoms with Gasteiger partial charge in [-0.05, 0) is 6.92 Å². The van der Waals surface area contributed by atoms with Gasteiger partial charge in [-0.1, -0.05) is 0 Å². The molecule has 0 aliphatic carbocycles. The highest BCUT2D eigenvalue weighted by Gasteiger charge is 2.18. The number of nitrogens with one attached hydrogen (secondary N) is 1. The van der Waals surface area contributed by atoms with E-state index < -0.39 is 0 Å². The minimum atomic E-state index is -0.246. The van der Waals surface area contributed by atoms with E-state index in [0.29, 0.717) is 11.4 Å². The smallest absolute Gasteiger partial charge is 0.272 e. The minimum absolute atomic E-state index is 0.138. The molecule has 0 bridgehead atoms. The molecular formula is C11H16N6O. The van der Waals surface area contributed by atoms with Crippen LogP contribution in [0.5, 0.6) is 0 Å². The van der Waals surface area contributed by atoms with Crippen molar-refractivity contribution in [1.82, 2.24) is 24.9 Å². The predicted octanol–water partition coefficient (Wildman–Crippen LogP) is 0.227. The highest BCUT2D eigenvalue weighted by molar-refractivity contribution is 5.97. The highest BCUT2D eigenvalue weighted by atomic mass is 16.2. The first-order valence-corrected chi connectivity index (χ1v) is 5.56. The zero-order valence-corrected chi connectivity index (χ0v) is 10.6. The Labute approximate surface area is 105 Å². The molecule has 0 saturated heterocycles. The van der Waals surface area contributed by atoms with Crippen LogP contribution in [0.2, 0.25) is 0 Å². The number of hydrogen-bond acceptors (Lipinski definition) is 4. The number of nitrogen functional groups attached to an aromatic ring is 1. The number of amides is 1. The average Bonchev–Trinajstić information content (AvgIpc) is 2.85. The molecule has 7 nitrogen and oxygen atoms in total. The van der Waals surface area contributed by atoms with Crippen LogP contribution in [0.15, 0.2) is 18.6 Å². The Hall–Kier alpha value is -2.31. The van der Waals surface area contributed by atoms with Crippen molar-refractivity contribution < 1.29 is 4.79 Å². The predicted molar refractivity (Wildman–Crippen MR) is 66.7 cm³/mol. The summed E-state index contributed by atoms with van der Waals surface area (Å²) in [6, 6.07) is -0.138. The van der Waals surface area contributed by atoms with Crippen LogP contribution in [0.25, 0.3) is 0 Å². The maximum atomic E-state index is 12.1. The average molecular weight is 248 g/mol. The fraction of sp³-hybridized carbons (Fsp3) is 0.364. The van der Waals surface area contributed by atoms with Crippen molar-refractivity contribution in [1.29, 1.82) is 0 Å². The first kappa shape index (κ1) is 12.2. The molecule has 0 radical (unpaired) electrons. The Morgan fingerprint density at radius 1 is 1.39 bits per heavy atom. The van der Waals surface area contributed by atoms with Gasteiger partial charge in [-0.2, -0.15) is 10.2 Å². The summed E-state index contributed by atoms with van der Waals surface area (Å²) in [6.45, 7) is 1.89. The molecule has 0 saturated carbocycles. The van der Waals surface area contributed by atoms with Crippen LogP contribution in [0, 0.1) is 0 Å². The first-order chi connectivity index (χ1) is 8.49. The van der Waals surface area contributed by atoms with Crippen molar-refractivity contribution in [3.63, 3.8) is 0 Å². The monoisotopic (exact) mass is 248 g/mol. The molecule has 1 unspecified atom stereocenters. The van der Waals surface area contributed by atoms with Gasteiger partial charge in [0.15, 0.2) is 0 Å². The normalized spacial score (nSPS) is 12.4. The summed E-state index contributed by atoms with van der Waals surface area (Å²) in [5, 5.41) is 10.9. The van der Waals surface area contributed by atoms with Crippen LogP contribution in [-0.4, -0.2) is 25.5 Å². The molecule has 2 heterocycles. The number of carbonyl (C=O) groups is 1. The van der Waals surface area contributed by atoms with Crippen LogP contribution in [0.3, 0.4) is 0 Å². The van der Waals surface area contributed by atoms with Crippen LogP contribution in [0.4, 0.5) is 5.69 Å². The van der Waals surface area contributed by atoms with Crippen LogP contribution < -0.4 is 11.1 Å². The summed E-state index contributed by atoms with van der Waals surface area (Å²) in [7, 11) is 3.51. The molecule has 2 aromatic heterocycles. The highest BCUT2D eigenvalue weighted by Crippen LogP contribution is 2.14. The summed E-state index contributed by atoms with van der Waals surface area (Å²) in [5.41, 5.74) is 7.37. The fourth-order valence-corrected chi connectivity index (χ4v) is 1.74. The quantitative estimate of drug-likeness (QED) is 0.813. The SMILES string of the molecule is CC(NC(=O)c1c(N)cnn1C)c1cnn(C)c1. The molecule has 0 fully saturated rings. The molecule has 2 aromatic rings. The Balaban J connectivity index is 2.13. The van der Waals surface area contributed by atoms with Gasteiger partial charge < -0.3 is 11.1 Å². The zero-order chi connectivity index (χ0) is 13.3. The first-order valence-electron chi connectivity index (χ1n) is 5.56. The van der Waals surface area contributed by atoms with Gasteiger partial charge in [0.2, 0.25) is 0 Å². The third-order valence-electron chi connectivity index (χ3n) is 2.75. The molecule has 0 aromatic carbocycles. The summed E-state index contributed by atoms with van der Waals surface area (Å²) in [4.78, 5) is 12.1. The fourth-order valence-electron chi connectivity index (χ4n) is 1.74. The number of carbonyl (C=O) groups excluding carboxylic acids is 1. The molecule has 0 spiro atoms. The van der Waals surface area contributed by atoms with Gasteiger partial charge in [0.25, 0.3) is 5.91 Å². The third-order valence-corrected chi connectivity index (χ3v) is 2.75. The number of rotatable bonds is 3. The van der Waals surface area contributed by atoms with Gasteiger partial charge >= 0.3 is 0 Å². The Morgan fingerprint density at radius 2 is 2.11 bits per heavy atom. The molecule has 18 heavy (non-hydrogen) atoms. The Kier molecular flexibility index (Phi) is 3.05. The summed E-state index contributed by atoms with van der Waals surface area (Å²) in [6.07, 6.45) is 5.04. The van der Waals surface area contributed by atoms with E-state index in [1.54, 1.807) is 17.9 Å². The lowest BCUT2D eigenvalue weighted by Crippen LogP contribution is -2.29. The van der Waals surface area contributed by atoms with Gasteiger partial charge in [-0.3, -0.25) is 14.2 Å². The molecule has 0 aliphatic heterocycles. The molecular weight excluding hydrogens is 232 g/mol. The van der Waals surface area contributed by atoms with Gasteiger partial charge in [0, 0.05) is 25.9 Å². The number of aromatic nitrogens is 4. The van der Waals surface area contributed by atoms with Crippen molar-refractivity contribution in [3.05, 3.63) is 29.8 Å². The van der Waals surface area contributed by atoms with E-state index >= 15 is 0 Å². The Bertz CT molecular complexity index is 550. The molecule has 0 aliphatic rings. The topological polar surface area (TPSA) is 90.8 Å². The van der Waals surface area contributed by atoms with Crippen LogP contribution in [-0.2, 0) is 14.1 Å². The number of aryl methyl sites for hydroxylation is 2. The molecule has 1 atom stereocenters. The lowest BCUT2D eigenvalue weighted by Gasteiger charge is -2.12. The van der Waals surface area contributed by atoms with Gasteiger partial charge in [0.1, 0.15) is 5.69 Å². The standard InChI is InChI=1S/C11H16N6O/c1-7(8-4-13-16(2)6-8)15-11(18)10-9(12)5-14-17(10)3/h4-7H,12H2,1-3H3,(H,15,18). The maximum Gasteiger partial charge on any atom is 0.272 e. The zero-order valence-electron chi connectivity index (χ0n) is 10.6. The van der Waals surface area contributed by atoms with Crippen molar-refractivity contribution in [3.8, 4) is 0 Å². The minimum Gasteiger partial charge on any atom is -0.396 e. The van der Waals surface area contributed by atoms with Crippen molar-refractivity contribution in [2.24, 2.45) is 14.1 Å². The number of nitrogens with two attached hydrogens (primary N) is 1. The van der Waals surface area contributed by atoms with E-state index in [4.69, 9.17) is 5.73 Å². The second kappa shape index (κ2) is 4.52. The van der Waals surface area contributed by atoms with Crippen LogP contribution in [0.1, 0.15) is 29.0 Å². The summed E-state index contributed by atoms with van der Waals surface area (Å²) >= 11 is 0. The van der Waals surface area contributed by atoms with Crippen molar-refractivity contribution in [2.45, 2.75) is 13.0 Å². The Morgan fingerprint density at radius 3 is 2.61 bits per heavy atom. The number of hydrogen-bond donors (Lipinski definition) is 2. The third kappa shape index (κ3) is 2.20. The maximum absolute atomic E-state index is 12.1. The van der Waals surface area contributed by atoms with Crippen molar-refractivity contribution in [2.75, 3.05) is 5.73 Å². The molecule has 2 rings (SSSR count). The van der Waals surface area contributed by atoms with Gasteiger partial charge in [-0.25, -0.2) is 0 Å². The lowest BCUT2D eigenvalue weighted by molar-refractivity contribution is 0.0931. The summed E-state index contributed by atoms with van der Waals surface area (Å²) < 4.78 is 3.15. The van der Waals surface area contributed by atoms with E-state index in [1.165, 1.54) is 10.9 Å². The van der Waals surface area contributed by atoms with E-state index in [0.717, 1.165) is 5.56 Å². The molecule has 1 amide bonds. The van der Waals surface area contributed by atoms with E-state index in [-0.39, 0.29) is 11.9 Å².